The molecule has 57 heavy (non-hydrogen) atoms. The smallest absolute Gasteiger partial charge is 0.242 e. The van der Waals surface area contributed by atoms with E-state index in [1.165, 1.54) is 108 Å². The molecule has 0 aliphatic carbocycles. The first-order valence-corrected chi connectivity index (χ1v) is 20.8. The van der Waals surface area contributed by atoms with Crippen LogP contribution in [0.1, 0.15) is 33.4 Å². The van der Waals surface area contributed by atoms with E-state index in [2.05, 4.69) is 185 Å². The molecule has 0 bridgehead atoms. The van der Waals surface area contributed by atoms with Gasteiger partial charge < -0.3 is 0 Å². The van der Waals surface area contributed by atoms with Crippen LogP contribution in [0.2, 0.25) is 0 Å². The minimum atomic E-state index is 0.116. The summed E-state index contributed by atoms with van der Waals surface area (Å²) in [6.07, 6.45) is 0. The van der Waals surface area contributed by atoms with Crippen LogP contribution < -0.4 is 16.4 Å². The third kappa shape index (κ3) is 5.27. The molecule has 3 heterocycles. The van der Waals surface area contributed by atoms with Gasteiger partial charge in [-0.05, 0) is 116 Å². The number of benzene rings is 8. The average molecular weight is 749 g/mol. The second-order valence-electron chi connectivity index (χ2n) is 16.4. The minimum Gasteiger partial charge on any atom is -0.291 e. The molecule has 11 rings (SSSR count). The molecule has 0 aliphatic rings. The summed E-state index contributed by atoms with van der Waals surface area (Å²) in [7, 11) is 0. The van der Waals surface area contributed by atoms with Crippen LogP contribution in [-0.2, 0) is 0 Å². The Labute approximate surface area is 337 Å². The van der Waals surface area contributed by atoms with Gasteiger partial charge in [-0.25, -0.2) is 4.98 Å². The Morgan fingerprint density at radius 3 is 1.72 bits per heavy atom. The number of pyridine rings is 1. The molecule has 272 valence electrons. The number of hydrogen-bond donors (Lipinski definition) is 0. The number of thiophene rings is 1. The highest BCUT2D eigenvalue weighted by molar-refractivity contribution is 7.26. The number of hydrogen-bond acceptors (Lipinski definition) is 2. The summed E-state index contributed by atoms with van der Waals surface area (Å²) in [6, 6.07) is 52.6. The van der Waals surface area contributed by atoms with Gasteiger partial charge in [-0.1, -0.05) is 153 Å². The molecule has 3 aromatic heterocycles. The maximum Gasteiger partial charge on any atom is 0.242 e. The molecule has 8 aromatic carbocycles. The van der Waals surface area contributed by atoms with Gasteiger partial charge in [0.1, 0.15) is 0 Å². The zero-order chi connectivity index (χ0) is 38.7. The summed E-state index contributed by atoms with van der Waals surface area (Å²) >= 11 is 1.86. The van der Waals surface area contributed by atoms with E-state index >= 15 is 0 Å². The Hall–Kier alpha value is -6.23. The summed E-state index contributed by atoms with van der Waals surface area (Å²) in [6.45, 7) is 13.7. The van der Waals surface area contributed by atoms with Gasteiger partial charge >= 0.3 is 0 Å². The second-order valence-corrected chi connectivity index (χ2v) is 17.4. The Bertz CT molecular complexity index is 3370. The van der Waals surface area contributed by atoms with Gasteiger partial charge in [0, 0.05) is 15.5 Å². The van der Waals surface area contributed by atoms with Crippen molar-refractivity contribution in [2.24, 2.45) is 0 Å². The summed E-state index contributed by atoms with van der Waals surface area (Å²) in [5.74, 6) is 0. The minimum absolute atomic E-state index is 0.116. The molecular formula is C53H41BN2S. The molecular weight excluding hydrogens is 707 g/mol. The normalized spacial score (nSPS) is 12.0. The maximum atomic E-state index is 5.49. The average Bonchev–Trinajstić information content (AvgIpc) is 3.76. The third-order valence-electron chi connectivity index (χ3n) is 12.4. The predicted molar refractivity (Wildman–Crippen MR) is 250 cm³/mol. The first kappa shape index (κ1) is 34.1. The van der Waals surface area contributed by atoms with Crippen molar-refractivity contribution in [3.63, 3.8) is 0 Å². The number of imidazole rings is 1. The summed E-state index contributed by atoms with van der Waals surface area (Å²) in [5, 5.41) is 10.1. The number of aromatic nitrogens is 2. The Morgan fingerprint density at radius 2 is 1.09 bits per heavy atom. The predicted octanol–water partition coefficient (Wildman–Crippen LogP) is 12.3. The molecule has 4 heteroatoms. The van der Waals surface area contributed by atoms with Crippen LogP contribution in [0.25, 0.3) is 80.4 Å². The molecule has 0 saturated heterocycles. The first-order valence-electron chi connectivity index (χ1n) is 20.0. The van der Waals surface area contributed by atoms with Gasteiger partial charge in [-0.3, -0.25) is 4.40 Å². The van der Waals surface area contributed by atoms with Crippen molar-refractivity contribution in [1.29, 1.82) is 0 Å². The molecule has 0 fully saturated rings. The number of nitrogens with zero attached hydrogens (tertiary/aromatic N) is 2. The van der Waals surface area contributed by atoms with E-state index in [1.807, 2.05) is 11.3 Å². The lowest BCUT2D eigenvalue weighted by molar-refractivity contribution is 1.25. The number of aryl methyl sites for hydroxylation is 6. The Morgan fingerprint density at radius 1 is 0.509 bits per heavy atom. The SMILES string of the molecule is Cc1cc(C)c(B(c2ccc(-c3cc4c(sc5ccc6ccccc6c54)c4nc5cc6cc7ccccc7cc6cc5n34)cc2)c2c(C)cc(C)cc2C)c(C)c1. The summed E-state index contributed by atoms with van der Waals surface area (Å²) in [5.41, 5.74) is 17.6. The lowest BCUT2D eigenvalue weighted by Crippen LogP contribution is -2.55. The lowest BCUT2D eigenvalue weighted by atomic mass is 9.34. The van der Waals surface area contributed by atoms with E-state index in [4.69, 9.17) is 4.98 Å². The van der Waals surface area contributed by atoms with Crippen molar-refractivity contribution in [3.05, 3.63) is 173 Å². The van der Waals surface area contributed by atoms with Crippen LogP contribution >= 0.6 is 11.3 Å². The van der Waals surface area contributed by atoms with Crippen LogP contribution in [0, 0.1) is 41.5 Å². The molecule has 0 radical (unpaired) electrons. The van der Waals surface area contributed by atoms with E-state index in [9.17, 15) is 0 Å². The van der Waals surface area contributed by atoms with Crippen molar-refractivity contribution in [2.75, 3.05) is 0 Å². The zero-order valence-electron chi connectivity index (χ0n) is 33.2. The maximum absolute atomic E-state index is 5.49. The standard InChI is InChI=1S/C53H41BN2S/c1-30-21-32(3)50(33(4)22-30)54(51-34(5)23-31(2)24-35(51)6)42-18-15-37(16-19-42)46-29-44-49-43-14-10-9-11-36(43)17-20-48(49)57-52(44)53-55-45-27-40-25-38-12-7-8-13-39(38)26-41(40)28-47(45)56(46)53/h7-29H,1-6H3. The molecule has 0 unspecified atom stereocenters. The Kier molecular flexibility index (Phi) is 7.55. The fourth-order valence-corrected chi connectivity index (χ4v) is 11.3. The van der Waals surface area contributed by atoms with Gasteiger partial charge in [-0.2, -0.15) is 0 Å². The monoisotopic (exact) mass is 748 g/mol. The highest BCUT2D eigenvalue weighted by Crippen LogP contribution is 2.43. The van der Waals surface area contributed by atoms with Crippen LogP contribution in [-0.4, -0.2) is 16.1 Å². The van der Waals surface area contributed by atoms with Gasteiger partial charge in [0.15, 0.2) is 5.65 Å². The fraction of sp³-hybridized carbons (Fsp3) is 0.113. The highest BCUT2D eigenvalue weighted by Gasteiger charge is 2.29. The van der Waals surface area contributed by atoms with Gasteiger partial charge in [0.05, 0.1) is 21.4 Å². The first-order chi connectivity index (χ1) is 27.7. The van der Waals surface area contributed by atoms with E-state index in [0.717, 1.165) is 22.4 Å². The molecule has 2 nitrogen and oxygen atoms in total. The molecule has 0 N–H and O–H groups in total. The number of rotatable bonds is 4. The van der Waals surface area contributed by atoms with Crippen molar-refractivity contribution in [3.8, 4) is 11.3 Å². The largest absolute Gasteiger partial charge is 0.291 e. The van der Waals surface area contributed by atoms with E-state index in [0.29, 0.717) is 0 Å². The molecule has 11 aromatic rings. The second kappa shape index (κ2) is 12.6. The summed E-state index contributed by atoms with van der Waals surface area (Å²) < 4.78 is 4.94. The topological polar surface area (TPSA) is 17.3 Å². The third-order valence-corrected chi connectivity index (χ3v) is 13.6. The van der Waals surface area contributed by atoms with Gasteiger partial charge in [-0.15, -0.1) is 11.3 Å². The van der Waals surface area contributed by atoms with Gasteiger partial charge in [0.2, 0.25) is 6.71 Å². The van der Waals surface area contributed by atoms with E-state index in [1.54, 1.807) is 0 Å². The van der Waals surface area contributed by atoms with Crippen LogP contribution in [0.5, 0.6) is 0 Å². The molecule has 0 atom stereocenters. The molecule has 0 aliphatic heterocycles. The highest BCUT2D eigenvalue weighted by atomic mass is 32.1. The van der Waals surface area contributed by atoms with Crippen LogP contribution in [0.4, 0.5) is 0 Å². The van der Waals surface area contributed by atoms with Gasteiger partial charge in [0.25, 0.3) is 0 Å². The van der Waals surface area contributed by atoms with Crippen molar-refractivity contribution in [2.45, 2.75) is 41.5 Å². The lowest BCUT2D eigenvalue weighted by Gasteiger charge is -2.25. The van der Waals surface area contributed by atoms with Crippen LogP contribution in [0.15, 0.2) is 140 Å². The quantitative estimate of drug-likeness (QED) is 0.129. The fourth-order valence-electron chi connectivity index (χ4n) is 10.1. The molecule has 0 amide bonds. The van der Waals surface area contributed by atoms with E-state index in [-0.39, 0.29) is 6.71 Å². The van der Waals surface area contributed by atoms with E-state index < -0.39 is 0 Å². The summed E-state index contributed by atoms with van der Waals surface area (Å²) in [4.78, 5) is 5.49. The zero-order valence-corrected chi connectivity index (χ0v) is 34.0. The Balaban J connectivity index is 1.19. The van der Waals surface area contributed by atoms with Crippen molar-refractivity contribution >= 4 is 104 Å². The van der Waals surface area contributed by atoms with Crippen molar-refractivity contribution in [1.82, 2.24) is 9.38 Å². The van der Waals surface area contributed by atoms with Crippen molar-refractivity contribution < 1.29 is 0 Å². The molecule has 0 spiro atoms. The van der Waals surface area contributed by atoms with Crippen LogP contribution in [0.3, 0.4) is 0 Å². The number of fused-ring (bicyclic) bond motifs is 11. The molecule has 0 saturated carbocycles.